The largest absolute Gasteiger partial charge is 0.463 e. The molecule has 0 aliphatic heterocycles. The van der Waals surface area contributed by atoms with E-state index in [-0.39, 0.29) is 12.0 Å². The number of nitrogens with zero attached hydrogens (tertiary/aromatic N) is 3. The molecule has 21 heavy (non-hydrogen) atoms. The summed E-state index contributed by atoms with van der Waals surface area (Å²) in [6.07, 6.45) is 0.847. The van der Waals surface area contributed by atoms with Crippen molar-refractivity contribution in [3.8, 4) is 6.01 Å². The lowest BCUT2D eigenvalue weighted by Gasteiger charge is -2.08. The van der Waals surface area contributed by atoms with Crippen molar-refractivity contribution in [3.05, 3.63) is 28.2 Å². The van der Waals surface area contributed by atoms with Gasteiger partial charge in [-0.15, -0.1) is 0 Å². The Labute approximate surface area is 136 Å². The summed E-state index contributed by atoms with van der Waals surface area (Å²) in [5, 5.41) is 1.55. The topological polar surface area (TPSA) is 86.0 Å². The number of nitrogens with one attached hydrogen (secondary N) is 1. The summed E-state index contributed by atoms with van der Waals surface area (Å²) in [6, 6.07) is 5.37. The zero-order valence-corrected chi connectivity index (χ0v) is 13.5. The number of ether oxygens (including phenoxy) is 1. The molecule has 0 saturated carbocycles. The van der Waals surface area contributed by atoms with Gasteiger partial charge in [0.2, 0.25) is 11.1 Å². The molecule has 0 unspecified atom stereocenters. The Morgan fingerprint density at radius 1 is 1.29 bits per heavy atom. The molecule has 0 aliphatic rings. The number of hydrogen-bond donors (Lipinski definition) is 2. The zero-order chi connectivity index (χ0) is 15.2. The van der Waals surface area contributed by atoms with Crippen molar-refractivity contribution in [2.45, 2.75) is 23.4 Å². The summed E-state index contributed by atoms with van der Waals surface area (Å²) in [7, 11) is 0. The zero-order valence-electron chi connectivity index (χ0n) is 11.1. The van der Waals surface area contributed by atoms with Crippen LogP contribution in [0.25, 0.3) is 0 Å². The van der Waals surface area contributed by atoms with Gasteiger partial charge in [0, 0.05) is 9.92 Å². The van der Waals surface area contributed by atoms with Crippen molar-refractivity contribution in [1.82, 2.24) is 15.0 Å². The van der Waals surface area contributed by atoms with Crippen LogP contribution >= 0.6 is 35.0 Å². The quantitative estimate of drug-likeness (QED) is 0.612. The van der Waals surface area contributed by atoms with Crippen molar-refractivity contribution in [3.63, 3.8) is 0 Å². The molecule has 0 amide bonds. The van der Waals surface area contributed by atoms with Crippen molar-refractivity contribution >= 4 is 40.9 Å². The summed E-state index contributed by atoms with van der Waals surface area (Å²) >= 11 is 13.3. The highest BCUT2D eigenvalue weighted by Crippen LogP contribution is 2.34. The maximum absolute atomic E-state index is 6.12. The first-order valence-electron chi connectivity index (χ1n) is 6.10. The Balaban J connectivity index is 2.27. The molecule has 0 fully saturated rings. The van der Waals surface area contributed by atoms with Crippen molar-refractivity contribution in [1.29, 1.82) is 0 Å². The van der Waals surface area contributed by atoms with E-state index in [1.807, 2.05) is 6.92 Å². The molecule has 1 aromatic heterocycles. The molecule has 0 aliphatic carbocycles. The van der Waals surface area contributed by atoms with Gasteiger partial charge in [-0.1, -0.05) is 30.1 Å². The number of aromatic nitrogens is 3. The van der Waals surface area contributed by atoms with Gasteiger partial charge in [-0.3, -0.25) is 5.43 Å². The second kappa shape index (κ2) is 7.65. The van der Waals surface area contributed by atoms with Gasteiger partial charge in [0.05, 0.1) is 11.6 Å². The van der Waals surface area contributed by atoms with Crippen LogP contribution in [0.3, 0.4) is 0 Å². The lowest BCUT2D eigenvalue weighted by molar-refractivity contribution is 0.288. The number of rotatable bonds is 6. The standard InChI is InChI=1S/C12H13Cl2N5OS/c1-2-5-20-11-16-10(19-15)17-12(18-11)21-9-6-7(13)3-4-8(9)14/h3-4,6H,2,5,15H2,1H3,(H,16,17,18,19). The predicted octanol–water partition coefficient (Wildman–Crippen LogP) is 3.40. The molecule has 3 N–H and O–H groups in total. The summed E-state index contributed by atoms with van der Waals surface area (Å²) < 4.78 is 5.40. The molecular formula is C12H13Cl2N5OS. The van der Waals surface area contributed by atoms with Gasteiger partial charge in [-0.05, 0) is 36.4 Å². The average molecular weight is 346 g/mol. The van der Waals surface area contributed by atoms with Gasteiger partial charge in [0.15, 0.2) is 0 Å². The van der Waals surface area contributed by atoms with Crippen LogP contribution in [-0.2, 0) is 0 Å². The number of nitrogen functional groups attached to an aromatic ring is 1. The molecule has 0 saturated heterocycles. The summed E-state index contributed by atoms with van der Waals surface area (Å²) in [5.41, 5.74) is 2.38. The molecule has 112 valence electrons. The Bertz CT molecular complexity index is 629. The van der Waals surface area contributed by atoms with Crippen molar-refractivity contribution in [2.75, 3.05) is 12.0 Å². The number of hydrazine groups is 1. The van der Waals surface area contributed by atoms with Crippen LogP contribution in [-0.4, -0.2) is 21.6 Å². The van der Waals surface area contributed by atoms with E-state index in [0.717, 1.165) is 11.3 Å². The second-order valence-electron chi connectivity index (χ2n) is 3.89. The van der Waals surface area contributed by atoms with E-state index in [1.165, 1.54) is 11.8 Å². The minimum absolute atomic E-state index is 0.209. The summed E-state index contributed by atoms with van der Waals surface area (Å²) in [4.78, 5) is 13.1. The lowest BCUT2D eigenvalue weighted by Crippen LogP contribution is -2.13. The smallest absolute Gasteiger partial charge is 0.322 e. The van der Waals surface area contributed by atoms with Gasteiger partial charge in [-0.25, -0.2) is 5.84 Å². The van der Waals surface area contributed by atoms with Gasteiger partial charge in [0.1, 0.15) is 0 Å². The first kappa shape index (κ1) is 16.1. The molecule has 6 nitrogen and oxygen atoms in total. The fraction of sp³-hybridized carbons (Fsp3) is 0.250. The monoisotopic (exact) mass is 345 g/mol. The van der Waals surface area contributed by atoms with Crippen LogP contribution in [0.2, 0.25) is 10.0 Å². The molecule has 2 rings (SSSR count). The SMILES string of the molecule is CCCOc1nc(NN)nc(Sc2cc(Cl)ccc2Cl)n1. The third-order valence-electron chi connectivity index (χ3n) is 2.25. The fourth-order valence-electron chi connectivity index (χ4n) is 1.36. The number of hydrogen-bond acceptors (Lipinski definition) is 7. The highest BCUT2D eigenvalue weighted by Gasteiger charge is 2.11. The van der Waals surface area contributed by atoms with E-state index in [2.05, 4.69) is 20.4 Å². The Hall–Kier alpha value is -1.28. The number of benzene rings is 1. The van der Waals surface area contributed by atoms with E-state index < -0.39 is 0 Å². The molecule has 0 spiro atoms. The summed E-state index contributed by atoms with van der Waals surface area (Å²) in [6.45, 7) is 2.50. The van der Waals surface area contributed by atoms with Crippen LogP contribution in [0.15, 0.2) is 28.3 Å². The predicted molar refractivity (Wildman–Crippen MR) is 84.0 cm³/mol. The maximum atomic E-state index is 6.12. The number of nitrogens with two attached hydrogens (primary N) is 1. The first-order valence-corrected chi connectivity index (χ1v) is 7.68. The van der Waals surface area contributed by atoms with Crippen LogP contribution < -0.4 is 16.0 Å². The van der Waals surface area contributed by atoms with Gasteiger partial charge in [-0.2, -0.15) is 15.0 Å². The highest BCUT2D eigenvalue weighted by molar-refractivity contribution is 7.99. The lowest BCUT2D eigenvalue weighted by atomic mass is 10.4. The summed E-state index contributed by atoms with van der Waals surface area (Å²) in [5.74, 6) is 5.57. The molecule has 0 bridgehead atoms. The Morgan fingerprint density at radius 3 is 2.81 bits per heavy atom. The van der Waals surface area contributed by atoms with Crippen LogP contribution in [0.1, 0.15) is 13.3 Å². The van der Waals surface area contributed by atoms with Crippen LogP contribution in [0.4, 0.5) is 5.95 Å². The molecule has 2 aromatic rings. The molecule has 0 atom stereocenters. The van der Waals surface area contributed by atoms with E-state index in [0.29, 0.717) is 21.8 Å². The van der Waals surface area contributed by atoms with Gasteiger partial charge >= 0.3 is 6.01 Å². The highest BCUT2D eigenvalue weighted by atomic mass is 35.5. The minimum atomic E-state index is 0.209. The molecule has 0 radical (unpaired) electrons. The Kier molecular flexibility index (Phi) is 5.86. The molecule has 1 heterocycles. The molecule has 9 heteroatoms. The minimum Gasteiger partial charge on any atom is -0.463 e. The number of halogens is 2. The van der Waals surface area contributed by atoms with E-state index >= 15 is 0 Å². The molecule has 1 aromatic carbocycles. The second-order valence-corrected chi connectivity index (χ2v) is 5.75. The Morgan fingerprint density at radius 2 is 2.10 bits per heavy atom. The van der Waals surface area contributed by atoms with E-state index in [9.17, 15) is 0 Å². The van der Waals surface area contributed by atoms with E-state index in [4.69, 9.17) is 33.8 Å². The van der Waals surface area contributed by atoms with Crippen molar-refractivity contribution in [2.24, 2.45) is 5.84 Å². The van der Waals surface area contributed by atoms with Crippen LogP contribution in [0.5, 0.6) is 6.01 Å². The van der Waals surface area contributed by atoms with Crippen LogP contribution in [0, 0.1) is 0 Å². The fourth-order valence-corrected chi connectivity index (χ4v) is 2.63. The van der Waals surface area contributed by atoms with Gasteiger partial charge in [0.25, 0.3) is 0 Å². The number of anilines is 1. The van der Waals surface area contributed by atoms with Gasteiger partial charge < -0.3 is 4.74 Å². The van der Waals surface area contributed by atoms with E-state index in [1.54, 1.807) is 18.2 Å². The molecular weight excluding hydrogens is 333 g/mol. The van der Waals surface area contributed by atoms with Crippen molar-refractivity contribution < 1.29 is 4.74 Å². The maximum Gasteiger partial charge on any atom is 0.322 e. The third kappa shape index (κ3) is 4.60. The average Bonchev–Trinajstić information content (AvgIpc) is 2.48. The first-order chi connectivity index (χ1) is 10.1. The normalized spacial score (nSPS) is 10.5. The third-order valence-corrected chi connectivity index (χ3v) is 3.85.